The third-order valence-electron chi connectivity index (χ3n) is 4.44. The van der Waals surface area contributed by atoms with Crippen molar-refractivity contribution in [3.05, 3.63) is 67.9 Å². The van der Waals surface area contributed by atoms with Crippen LogP contribution < -0.4 is 0 Å². The number of nitrogens with zero attached hydrogens (tertiary/aromatic N) is 2. The van der Waals surface area contributed by atoms with Crippen molar-refractivity contribution in [3.8, 4) is 0 Å². The monoisotopic (exact) mass is 386 g/mol. The van der Waals surface area contributed by atoms with Gasteiger partial charge >= 0.3 is 0 Å². The predicted molar refractivity (Wildman–Crippen MR) is 101 cm³/mol. The molecule has 140 valence electrons. The molecule has 1 aromatic heterocycles. The number of unbranched alkanes of at least 4 members (excludes halogenated alkanes) is 1. The molecule has 0 radical (unpaired) electrons. The maximum absolute atomic E-state index is 12.7. The Labute approximate surface area is 159 Å². The Balaban J connectivity index is 2.14. The molecule has 7 nitrogen and oxygen atoms in total. The fourth-order valence-electron chi connectivity index (χ4n) is 3.10. The Kier molecular flexibility index (Phi) is 5.36. The van der Waals surface area contributed by atoms with Crippen LogP contribution >= 0.6 is 11.3 Å². The molecule has 0 bridgehead atoms. The number of amides is 1. The largest absolute Gasteiger partial charge is 0.507 e. The number of nitro groups is 1. The number of carbonyl (C=O) groups excluding carboxylic acids is 2. The van der Waals surface area contributed by atoms with Crippen LogP contribution in [-0.2, 0) is 9.59 Å². The average molecular weight is 386 g/mol. The Hall–Kier alpha value is -3.00. The molecule has 27 heavy (non-hydrogen) atoms. The van der Waals surface area contributed by atoms with Crippen molar-refractivity contribution >= 4 is 34.5 Å². The van der Waals surface area contributed by atoms with E-state index in [0.29, 0.717) is 6.54 Å². The standard InChI is InChI=1S/C19H18N2O5S/c1-2-3-9-20-16(14-8-5-10-27-14)15(18(23)19(20)24)17(22)12-6-4-7-13(11-12)21(25)26/h4-8,10-11,16,22H,2-3,9H2,1H3/b17-15-. The topological polar surface area (TPSA) is 101 Å². The first-order valence-corrected chi connectivity index (χ1v) is 9.40. The first kappa shape index (κ1) is 18.8. The maximum atomic E-state index is 12.7. The van der Waals surface area contributed by atoms with E-state index in [9.17, 15) is 24.8 Å². The molecule has 0 saturated carbocycles. The second kappa shape index (κ2) is 7.71. The third kappa shape index (κ3) is 3.48. The molecule has 1 N–H and O–H groups in total. The number of rotatable bonds is 6. The van der Waals surface area contributed by atoms with Crippen LogP contribution in [0.3, 0.4) is 0 Å². The van der Waals surface area contributed by atoms with Gasteiger partial charge in [0.25, 0.3) is 17.4 Å². The molecule has 1 atom stereocenters. The zero-order valence-corrected chi connectivity index (χ0v) is 15.4. The zero-order chi connectivity index (χ0) is 19.6. The number of aliphatic hydroxyl groups is 1. The molecule has 0 spiro atoms. The number of aliphatic hydroxyl groups excluding tert-OH is 1. The molecule has 1 aliphatic rings. The molecule has 2 heterocycles. The summed E-state index contributed by atoms with van der Waals surface area (Å²) in [6.45, 7) is 2.38. The zero-order valence-electron chi connectivity index (χ0n) is 14.6. The summed E-state index contributed by atoms with van der Waals surface area (Å²) >= 11 is 1.39. The number of thiophene rings is 1. The van der Waals surface area contributed by atoms with Crippen molar-refractivity contribution in [2.45, 2.75) is 25.8 Å². The molecular formula is C19H18N2O5S. The lowest BCUT2D eigenvalue weighted by Gasteiger charge is -2.23. The summed E-state index contributed by atoms with van der Waals surface area (Å²) in [4.78, 5) is 37.9. The van der Waals surface area contributed by atoms with Gasteiger partial charge in [0.05, 0.1) is 16.5 Å². The van der Waals surface area contributed by atoms with Gasteiger partial charge in [-0.15, -0.1) is 11.3 Å². The first-order chi connectivity index (χ1) is 13.0. The number of non-ortho nitro benzene ring substituents is 1. The molecule has 1 aromatic carbocycles. The minimum absolute atomic E-state index is 0.0287. The van der Waals surface area contributed by atoms with Gasteiger partial charge in [-0.3, -0.25) is 19.7 Å². The van der Waals surface area contributed by atoms with E-state index in [1.807, 2.05) is 18.4 Å². The number of likely N-dealkylation sites (tertiary alicyclic amines) is 1. The Morgan fingerprint density at radius 3 is 2.70 bits per heavy atom. The predicted octanol–water partition coefficient (Wildman–Crippen LogP) is 3.88. The van der Waals surface area contributed by atoms with E-state index in [2.05, 4.69) is 0 Å². The highest BCUT2D eigenvalue weighted by Gasteiger charge is 2.46. The van der Waals surface area contributed by atoms with Crippen molar-refractivity contribution in [1.82, 2.24) is 4.90 Å². The molecule has 1 amide bonds. The quantitative estimate of drug-likeness (QED) is 0.267. The average Bonchev–Trinajstić information content (AvgIpc) is 3.27. The molecule has 1 saturated heterocycles. The lowest BCUT2D eigenvalue weighted by atomic mass is 9.99. The summed E-state index contributed by atoms with van der Waals surface area (Å²) in [5, 5.41) is 23.6. The summed E-state index contributed by atoms with van der Waals surface area (Å²) in [6, 6.07) is 8.34. The van der Waals surface area contributed by atoms with Crippen molar-refractivity contribution in [3.63, 3.8) is 0 Å². The highest BCUT2D eigenvalue weighted by Crippen LogP contribution is 2.41. The molecule has 1 fully saturated rings. The Bertz CT molecular complexity index is 920. The molecular weight excluding hydrogens is 368 g/mol. The van der Waals surface area contributed by atoms with E-state index in [0.717, 1.165) is 17.7 Å². The number of hydrogen-bond donors (Lipinski definition) is 1. The molecule has 0 aliphatic carbocycles. The lowest BCUT2D eigenvalue weighted by molar-refractivity contribution is -0.384. The summed E-state index contributed by atoms with van der Waals surface area (Å²) in [5.41, 5.74) is -0.0924. The normalized spacial score (nSPS) is 18.9. The van der Waals surface area contributed by atoms with Crippen molar-refractivity contribution in [2.24, 2.45) is 0 Å². The van der Waals surface area contributed by atoms with E-state index in [1.165, 1.54) is 40.5 Å². The smallest absolute Gasteiger partial charge is 0.295 e. The molecule has 3 rings (SSSR count). The fraction of sp³-hybridized carbons (Fsp3) is 0.263. The van der Waals surface area contributed by atoms with Crippen LogP contribution in [0.2, 0.25) is 0 Å². The van der Waals surface area contributed by atoms with Crippen molar-refractivity contribution < 1.29 is 19.6 Å². The van der Waals surface area contributed by atoms with Crippen LogP contribution in [0.5, 0.6) is 0 Å². The second-order valence-electron chi connectivity index (χ2n) is 6.17. The van der Waals surface area contributed by atoms with Gasteiger partial charge in [0, 0.05) is 29.1 Å². The first-order valence-electron chi connectivity index (χ1n) is 8.52. The van der Waals surface area contributed by atoms with Gasteiger partial charge in [-0.25, -0.2) is 0 Å². The summed E-state index contributed by atoms with van der Waals surface area (Å²) in [7, 11) is 0. The van der Waals surface area contributed by atoms with Gasteiger partial charge in [-0.1, -0.05) is 31.5 Å². The van der Waals surface area contributed by atoms with Crippen LogP contribution in [-0.4, -0.2) is 33.2 Å². The van der Waals surface area contributed by atoms with Crippen molar-refractivity contribution in [2.75, 3.05) is 6.54 Å². The van der Waals surface area contributed by atoms with Gasteiger partial charge in [0.15, 0.2) is 0 Å². The van der Waals surface area contributed by atoms with Crippen LogP contribution in [0.25, 0.3) is 5.76 Å². The highest BCUT2D eigenvalue weighted by atomic mass is 32.1. The summed E-state index contributed by atoms with van der Waals surface area (Å²) in [6.07, 6.45) is 1.58. The van der Waals surface area contributed by atoms with Crippen LogP contribution in [0.4, 0.5) is 5.69 Å². The van der Waals surface area contributed by atoms with Gasteiger partial charge in [0.2, 0.25) is 0 Å². The number of carbonyl (C=O) groups is 2. The van der Waals surface area contributed by atoms with Crippen LogP contribution in [0.1, 0.15) is 36.2 Å². The summed E-state index contributed by atoms with van der Waals surface area (Å²) < 4.78 is 0. The van der Waals surface area contributed by atoms with E-state index >= 15 is 0 Å². The SMILES string of the molecule is CCCCN1C(=O)C(=O)/C(=C(\O)c2cccc([N+](=O)[O-])c2)C1c1cccs1. The minimum atomic E-state index is -0.770. The van der Waals surface area contributed by atoms with Crippen LogP contribution in [0, 0.1) is 10.1 Å². The van der Waals surface area contributed by atoms with Crippen LogP contribution in [0.15, 0.2) is 47.4 Å². The lowest BCUT2D eigenvalue weighted by Crippen LogP contribution is -2.30. The second-order valence-corrected chi connectivity index (χ2v) is 7.15. The molecule has 2 aromatic rings. The minimum Gasteiger partial charge on any atom is -0.507 e. The van der Waals surface area contributed by atoms with Gasteiger partial charge in [0.1, 0.15) is 5.76 Å². The Morgan fingerprint density at radius 1 is 1.30 bits per heavy atom. The number of Topliss-reactive ketones (excluding diaryl/α,β-unsaturated/α-hetero) is 1. The fourth-order valence-corrected chi connectivity index (χ4v) is 3.95. The number of hydrogen-bond acceptors (Lipinski definition) is 6. The number of nitro benzene ring substituents is 1. The van der Waals surface area contributed by atoms with E-state index in [4.69, 9.17) is 0 Å². The van der Waals surface area contributed by atoms with Gasteiger partial charge in [-0.05, 0) is 17.9 Å². The van der Waals surface area contributed by atoms with Gasteiger partial charge in [-0.2, -0.15) is 0 Å². The Morgan fingerprint density at radius 2 is 2.07 bits per heavy atom. The molecule has 1 aliphatic heterocycles. The third-order valence-corrected chi connectivity index (χ3v) is 5.36. The molecule has 1 unspecified atom stereocenters. The number of benzene rings is 1. The maximum Gasteiger partial charge on any atom is 0.295 e. The van der Waals surface area contributed by atoms with E-state index in [1.54, 1.807) is 6.07 Å². The van der Waals surface area contributed by atoms with E-state index in [-0.39, 0.29) is 16.8 Å². The highest BCUT2D eigenvalue weighted by molar-refractivity contribution is 7.10. The molecule has 8 heteroatoms. The van der Waals surface area contributed by atoms with Gasteiger partial charge < -0.3 is 10.0 Å². The summed E-state index contributed by atoms with van der Waals surface area (Å²) in [5.74, 6) is -1.82. The van der Waals surface area contributed by atoms with E-state index < -0.39 is 28.4 Å². The van der Waals surface area contributed by atoms with Crippen molar-refractivity contribution in [1.29, 1.82) is 0 Å². The number of ketones is 1.